The van der Waals surface area contributed by atoms with Gasteiger partial charge in [-0.3, -0.25) is 0 Å². The fourth-order valence-electron chi connectivity index (χ4n) is 13.9. The van der Waals surface area contributed by atoms with Crippen molar-refractivity contribution in [2.75, 3.05) is 0 Å². The number of aromatic nitrogens is 2. The van der Waals surface area contributed by atoms with Gasteiger partial charge >= 0.3 is 29.6 Å². The molecule has 10 aromatic rings. The van der Waals surface area contributed by atoms with E-state index in [2.05, 4.69) is 281 Å². The van der Waals surface area contributed by atoms with Gasteiger partial charge in [0.2, 0.25) is 0 Å². The van der Waals surface area contributed by atoms with E-state index in [0.29, 0.717) is 29.2 Å². The molecule has 0 saturated carbocycles. The second kappa shape index (κ2) is 25.5. The Labute approximate surface area is 567 Å². The number of phenolic OH excluding ortho intramolecular Hbond substituents is 2. The van der Waals surface area contributed by atoms with E-state index in [0.717, 1.165) is 79.7 Å². The van der Waals surface area contributed by atoms with Crippen LogP contribution < -0.4 is 0 Å². The average Bonchev–Trinajstić information content (AvgIpc) is 1.62. The Morgan fingerprint density at radius 3 is 0.813 bits per heavy atom. The van der Waals surface area contributed by atoms with Crippen molar-refractivity contribution >= 4 is 66.8 Å². The number of nitrogens with zero attached hydrogens (tertiary/aromatic N) is 2. The maximum absolute atomic E-state index is 12.2. The summed E-state index contributed by atoms with van der Waals surface area (Å²) in [6.45, 7) is 54.3. The monoisotopic (exact) mass is 1290 g/mol. The third kappa shape index (κ3) is 15.7. The number of fused-ring (bicyclic) bond motifs is 6. The fourth-order valence-corrected chi connectivity index (χ4v) is 14.5. The zero-order valence-corrected chi connectivity index (χ0v) is 63.2. The van der Waals surface area contributed by atoms with E-state index >= 15 is 0 Å². The van der Waals surface area contributed by atoms with Crippen molar-refractivity contribution in [2.24, 2.45) is 10.8 Å². The molecular weight excluding hydrogens is 1190 g/mol. The first-order chi connectivity index (χ1) is 41.7. The molecular formula is C84H106Cl2N2O2Ti. The van der Waals surface area contributed by atoms with Crippen molar-refractivity contribution < 1.29 is 29.4 Å². The minimum atomic E-state index is -0.138. The first-order valence-electron chi connectivity index (χ1n) is 32.8. The van der Waals surface area contributed by atoms with Crippen molar-refractivity contribution in [3.05, 3.63) is 188 Å². The molecule has 0 spiro atoms. The predicted octanol–water partition coefficient (Wildman–Crippen LogP) is 26.0. The quantitative estimate of drug-likeness (QED) is 0.149. The van der Waals surface area contributed by atoms with Crippen LogP contribution in [0.1, 0.15) is 210 Å². The predicted molar refractivity (Wildman–Crippen MR) is 396 cm³/mol. The molecule has 0 bridgehead atoms. The summed E-state index contributed by atoms with van der Waals surface area (Å²) < 4.78 is 4.55. The van der Waals surface area contributed by atoms with Crippen LogP contribution in [0.3, 0.4) is 0 Å². The van der Waals surface area contributed by atoms with E-state index in [1.54, 1.807) is 0 Å². The summed E-state index contributed by atoms with van der Waals surface area (Å²) in [4.78, 5) is 0. The van der Waals surface area contributed by atoms with Crippen LogP contribution in [-0.2, 0) is 51.6 Å². The van der Waals surface area contributed by atoms with Gasteiger partial charge in [-0.2, -0.15) is 0 Å². The number of aromatic hydroxyl groups is 2. The molecule has 0 fully saturated rings. The number of halogens is 2. The molecule has 7 heteroatoms. The van der Waals surface area contributed by atoms with E-state index in [4.69, 9.17) is 23.2 Å². The third-order valence-electron chi connectivity index (χ3n) is 17.9. The fraction of sp³-hybridized carbons (Fsp3) is 0.429. The van der Waals surface area contributed by atoms with Crippen molar-refractivity contribution in [2.45, 2.75) is 222 Å². The van der Waals surface area contributed by atoms with Crippen LogP contribution in [0.4, 0.5) is 0 Å². The van der Waals surface area contributed by atoms with E-state index in [1.165, 1.54) is 54.9 Å². The molecule has 91 heavy (non-hydrogen) atoms. The van der Waals surface area contributed by atoms with Crippen molar-refractivity contribution in [3.63, 3.8) is 0 Å². The molecule has 8 aromatic carbocycles. The topological polar surface area (TPSA) is 50.3 Å². The van der Waals surface area contributed by atoms with E-state index in [1.807, 2.05) is 38.1 Å². The molecule has 0 aliphatic heterocycles. The van der Waals surface area contributed by atoms with E-state index in [9.17, 15) is 10.2 Å². The molecule has 0 saturated heterocycles. The van der Waals surface area contributed by atoms with Crippen LogP contribution in [0.15, 0.2) is 133 Å². The normalized spacial score (nSPS) is 13.0. The maximum atomic E-state index is 12.2. The van der Waals surface area contributed by atoms with Gasteiger partial charge in [0.05, 0.1) is 33.4 Å². The second-order valence-corrected chi connectivity index (χ2v) is 36.6. The Morgan fingerprint density at radius 2 is 0.593 bits per heavy atom. The first kappa shape index (κ1) is 71.1. The number of benzene rings is 8. The molecule has 4 nitrogen and oxygen atoms in total. The minimum absolute atomic E-state index is 0.0148. The van der Waals surface area contributed by atoms with Gasteiger partial charge in [-0.15, -0.1) is 0 Å². The van der Waals surface area contributed by atoms with Crippen LogP contribution in [-0.4, -0.2) is 19.3 Å². The summed E-state index contributed by atoms with van der Waals surface area (Å²) in [5.74, 6) is 0.529. The summed E-state index contributed by atoms with van der Waals surface area (Å²) in [5.41, 5.74) is 19.2. The molecule has 0 aliphatic carbocycles. The van der Waals surface area contributed by atoms with E-state index in [-0.39, 0.29) is 54.8 Å². The van der Waals surface area contributed by atoms with Crippen LogP contribution >= 0.6 is 23.2 Å². The number of hydrogen-bond donors (Lipinski definition) is 2. The van der Waals surface area contributed by atoms with Gasteiger partial charge in [0.25, 0.3) is 0 Å². The molecule has 0 unspecified atom stereocenters. The van der Waals surface area contributed by atoms with Crippen molar-refractivity contribution in [1.29, 1.82) is 0 Å². The van der Waals surface area contributed by atoms with Gasteiger partial charge in [0, 0.05) is 42.7 Å². The molecule has 2 N–H and O–H groups in total. The van der Waals surface area contributed by atoms with Crippen LogP contribution in [0, 0.1) is 24.7 Å². The Bertz CT molecular complexity index is 3890. The third-order valence-corrected chi connectivity index (χ3v) is 18.3. The van der Waals surface area contributed by atoms with Crippen molar-refractivity contribution in [3.8, 4) is 45.1 Å². The van der Waals surface area contributed by atoms with Crippen LogP contribution in [0.2, 0.25) is 20.5 Å². The molecule has 2 heterocycles. The molecule has 0 amide bonds. The zero-order chi connectivity index (χ0) is 67.8. The van der Waals surface area contributed by atoms with Gasteiger partial charge in [-0.25, -0.2) is 0 Å². The number of rotatable bonds is 8. The molecule has 2 aromatic heterocycles. The van der Waals surface area contributed by atoms with Crippen LogP contribution in [0.5, 0.6) is 11.5 Å². The molecule has 10 rings (SSSR count). The van der Waals surface area contributed by atoms with Crippen molar-refractivity contribution in [1.82, 2.24) is 9.13 Å². The molecule has 0 radical (unpaired) electrons. The van der Waals surface area contributed by atoms with Gasteiger partial charge in [0.15, 0.2) is 0 Å². The molecule has 482 valence electrons. The van der Waals surface area contributed by atoms with Gasteiger partial charge < -0.3 is 19.3 Å². The van der Waals surface area contributed by atoms with Crippen LogP contribution in [0.25, 0.3) is 77.2 Å². The Kier molecular flexibility index (Phi) is 19.9. The second-order valence-electron chi connectivity index (χ2n) is 34.2. The summed E-state index contributed by atoms with van der Waals surface area (Å²) in [6, 6.07) is 48.2. The number of hydrogen-bond acceptors (Lipinski definition) is 2. The zero-order valence-electron chi connectivity index (χ0n) is 60.2. The molecule has 0 aliphatic rings. The SMILES string of the molecule is Cc1cc(Cl)cc(-c2cc(C(C)(C)CC(C)(C)C)cc(-n3c4ccc(C(C)(C)C)cc4c4cc(C(C)(C)C)ccc43)c2O)c1.Cc1cc(Cl)cc(-c2cc(C(C)(C)CC(C)(C)C)cc(-n3c4ccc(C(C)(C)C)cc4c4cc(C(C)(C)C)ccc43)c2O)c1.[CH3][Ti][CH3]. The van der Waals surface area contributed by atoms with Gasteiger partial charge in [-0.05, 0) is 223 Å². The first-order valence-corrected chi connectivity index (χ1v) is 36.7. The number of aryl methyl sites for hydroxylation is 2. The van der Waals surface area contributed by atoms with Gasteiger partial charge in [-0.1, -0.05) is 212 Å². The van der Waals surface area contributed by atoms with E-state index < -0.39 is 0 Å². The summed E-state index contributed by atoms with van der Waals surface area (Å²) in [6.07, 6.45) is 1.99. The number of phenols is 2. The summed E-state index contributed by atoms with van der Waals surface area (Å²) in [7, 11) is 0. The van der Waals surface area contributed by atoms with Gasteiger partial charge in [0.1, 0.15) is 11.5 Å². The Morgan fingerprint density at radius 1 is 0.341 bits per heavy atom. The Balaban J connectivity index is 0.000000225. The summed E-state index contributed by atoms with van der Waals surface area (Å²) >= 11 is 13.7. The molecule has 0 atom stereocenters. The standard InChI is InChI=1S/2C41H50ClNO.2CH3.Ti/c2*1-25-17-26(19-30(42)18-25)31-22-29(41(11,12)24-38(2,3)4)23-36(37(31)44)43-34-15-13-27(39(5,6)7)20-32(34)33-21-28(40(8,9)10)14-16-35(33)43;;;/h2*13-23,44H,24H2,1-12H3;2*1H3;. The summed E-state index contributed by atoms with van der Waals surface area (Å²) in [5, 5.41) is 35.1. The average molecular weight is 1290 g/mol. The Hall–Kier alpha value is -5.75.